The number of aliphatic hydroxyl groups excluding tert-OH is 10. The minimum Gasteiger partial charge on any atom is -0.394 e. The summed E-state index contributed by atoms with van der Waals surface area (Å²) in [7, 11) is 0. The van der Waals surface area contributed by atoms with Gasteiger partial charge in [-0.1, -0.05) is 139 Å². The minimum absolute atomic E-state index is 0.0231. The van der Waals surface area contributed by atoms with E-state index in [-0.39, 0.29) is 125 Å². The molecule has 640 valence electrons. The average Bonchev–Trinajstić information content (AvgIpc) is 1.66. The summed E-state index contributed by atoms with van der Waals surface area (Å²) in [5.74, 6) is 2.54. The van der Waals surface area contributed by atoms with Gasteiger partial charge in [-0.2, -0.15) is 0 Å². The molecule has 12 aliphatic carbocycles. The highest BCUT2D eigenvalue weighted by Gasteiger charge is 2.76. The zero-order valence-corrected chi connectivity index (χ0v) is 74.3. The highest BCUT2D eigenvalue weighted by molar-refractivity contribution is 5.25. The Morgan fingerprint density at radius 1 is 0.378 bits per heavy atom. The van der Waals surface area contributed by atoms with Crippen molar-refractivity contribution < 1.29 is 75.9 Å². The van der Waals surface area contributed by atoms with Crippen molar-refractivity contribution in [2.45, 2.75) is 423 Å². The topological polar surface area (TPSA) is 281 Å². The molecule has 0 aromatic rings. The number of hydrogen-bond acceptors (Lipinski definition) is 15. The highest BCUT2D eigenvalue weighted by atomic mass is 16.7. The number of fused-ring (bicyclic) bond motifs is 15. The zero-order chi connectivity index (χ0) is 82.7. The molecular formula is C96H166O15. The molecule has 15 nitrogen and oxygen atoms in total. The van der Waals surface area contributed by atoms with Gasteiger partial charge in [0.2, 0.25) is 0 Å². The average molecular weight is 1560 g/mol. The van der Waals surface area contributed by atoms with Crippen LogP contribution in [0.15, 0.2) is 34.9 Å². The molecule has 111 heavy (non-hydrogen) atoms. The predicted octanol–water partition coefficient (Wildman–Crippen LogP) is 16.3. The molecule has 12 saturated carbocycles. The maximum Gasteiger partial charge on any atom is 0.186 e. The lowest BCUT2D eigenvalue weighted by Crippen LogP contribution is -2.69. The monoisotopic (exact) mass is 1560 g/mol. The van der Waals surface area contributed by atoms with Crippen LogP contribution in [0.5, 0.6) is 0 Å². The first-order valence-corrected chi connectivity index (χ1v) is 45.1. The maximum atomic E-state index is 12.0. The molecule has 0 aromatic heterocycles. The summed E-state index contributed by atoms with van der Waals surface area (Å²) in [5.41, 5.74) is 0.777. The van der Waals surface area contributed by atoms with Crippen molar-refractivity contribution >= 4 is 0 Å². The Labute approximate surface area is 673 Å². The van der Waals surface area contributed by atoms with Crippen LogP contribution in [0.4, 0.5) is 0 Å². The van der Waals surface area contributed by atoms with E-state index in [0.717, 1.165) is 148 Å². The van der Waals surface area contributed by atoms with E-state index in [1.54, 1.807) is 0 Å². The fourth-order valence-corrected chi connectivity index (χ4v) is 32.6. The van der Waals surface area contributed by atoms with Gasteiger partial charge in [0.15, 0.2) is 6.29 Å². The number of aliphatic hydroxyl groups is 13. The molecule has 13 rings (SSSR count). The molecule has 0 radical (unpaired) electrons. The molecule has 1 heterocycles. The van der Waals surface area contributed by atoms with E-state index in [9.17, 15) is 66.4 Å². The van der Waals surface area contributed by atoms with Crippen molar-refractivity contribution in [3.05, 3.63) is 34.9 Å². The van der Waals surface area contributed by atoms with Gasteiger partial charge < -0.3 is 75.9 Å². The summed E-state index contributed by atoms with van der Waals surface area (Å²) in [5, 5.41) is 145. The molecule has 36 atom stereocenters. The Balaban J connectivity index is 0.000000167. The van der Waals surface area contributed by atoms with E-state index in [4.69, 9.17) is 9.47 Å². The van der Waals surface area contributed by atoms with E-state index in [2.05, 4.69) is 164 Å². The highest BCUT2D eigenvalue weighted by Crippen LogP contribution is 2.80. The Bertz CT molecular complexity index is 3340. The molecule has 1 aliphatic heterocycles. The largest absolute Gasteiger partial charge is 0.394 e. The Morgan fingerprint density at radius 3 is 1.11 bits per heavy atom. The van der Waals surface area contributed by atoms with Gasteiger partial charge >= 0.3 is 0 Å². The van der Waals surface area contributed by atoms with Crippen LogP contribution >= 0.6 is 0 Å². The smallest absolute Gasteiger partial charge is 0.186 e. The van der Waals surface area contributed by atoms with Crippen LogP contribution in [0.25, 0.3) is 0 Å². The standard InChI is InChI=1S/C36H62O8.C30H52O4.C30H52O3/c1-20(2)10-9-14-36(8,42)21-11-16-35(7)27(21)22(38)18-25-33(5)15-13-26(32(3,4)24(33)12-17-34(25,35)6)44-31-30(41)29(40)28(39)23(19-37)43-31;1-18(2)10-9-13-30(8,34)19-11-15-28(6)24(19)20(31)16-22-27(5)14-12-23(33)26(3,4)25(27)21(32)17-29(22,28)7;1-19(2)10-9-14-30(8,33)20-11-16-29(7)25(20)21(31)18-23-27(5)15-13-24(32)26(3,4)22(27)12-17-28(23,29)6/h10,21-31,37-42H,9,11-19H2,1-8H3;10,19-25,31-34H,9,11-17H2,1-8H3;10,20-25,31-33H,9,11-18H2,1-8H3/t21-,22+,23+,24-,25+,26-,27-,28+,29-,30+,31-,33-,34+,35+,36-;19-,20+,21-,22+,23-,24-,25-,27+,28+,29+,30+;20-,21+,22-,23+,24-,25-,27-,28+,29+,30+/m000/s1. The second-order valence-electron chi connectivity index (χ2n) is 46.5. The molecule has 0 bridgehead atoms. The SMILES string of the molecule is CC(C)=CCC[C@@](C)(O)[C@H]1CC[C@]2(C)[C@@H]1[C@H](O)C[C@@H]1[C@@]3(C)CC[C@H](O)C(C)(C)[C@@H]3CC[C@]12C.CC(C)=CCC[C@@](C)(O)[C@H]1CC[C@]2(C)[C@@H]1[C@H](O)C[C@@H]1[C@@]3(C)CC[C@H](O)C(C)(C)[C@@H]3[C@@H](O)C[C@]12C.CC(C)=CCC[C@](C)(O)[C@H]1CC[C@]2(C)[C@@H]1[C@H](O)C[C@@H]1[C@@]3(C)CC[C@H](O[C@@H]4O[C@H](CO)[C@@H](O)[C@H](O)[C@H]4O)C(C)(C)[C@@H]3CC[C@]12C. The maximum absolute atomic E-state index is 12.0. The molecule has 13 fully saturated rings. The summed E-state index contributed by atoms with van der Waals surface area (Å²) in [6, 6.07) is 0. The summed E-state index contributed by atoms with van der Waals surface area (Å²) < 4.78 is 12.2. The fraction of sp³-hybridized carbons (Fsp3) is 0.938. The molecule has 0 aromatic carbocycles. The second-order valence-corrected chi connectivity index (χ2v) is 46.5. The van der Waals surface area contributed by atoms with Gasteiger partial charge in [0.05, 0.1) is 66.1 Å². The fourth-order valence-electron chi connectivity index (χ4n) is 32.6. The summed E-state index contributed by atoms with van der Waals surface area (Å²) in [6.45, 7) is 53.4. The van der Waals surface area contributed by atoms with Gasteiger partial charge in [0.25, 0.3) is 0 Å². The van der Waals surface area contributed by atoms with Crippen LogP contribution in [-0.2, 0) is 9.47 Å². The third-order valence-electron chi connectivity index (χ3n) is 39.1. The van der Waals surface area contributed by atoms with E-state index in [1.807, 2.05) is 20.8 Å². The van der Waals surface area contributed by atoms with Gasteiger partial charge in [-0.05, 0) is 365 Å². The minimum atomic E-state index is -1.46. The van der Waals surface area contributed by atoms with Crippen LogP contribution in [-0.4, -0.2) is 163 Å². The van der Waals surface area contributed by atoms with Gasteiger partial charge in [-0.3, -0.25) is 0 Å². The van der Waals surface area contributed by atoms with Crippen molar-refractivity contribution in [2.24, 2.45) is 136 Å². The summed E-state index contributed by atoms with van der Waals surface area (Å²) in [4.78, 5) is 0. The normalized spacial score (nSPS) is 51.2. The molecule has 15 heteroatoms. The Hall–Kier alpha value is -1.38. The van der Waals surface area contributed by atoms with Gasteiger partial charge in [-0.15, -0.1) is 0 Å². The molecule has 13 N–H and O–H groups in total. The number of rotatable bonds is 15. The van der Waals surface area contributed by atoms with E-state index in [0.29, 0.717) is 36.0 Å². The number of ether oxygens (including phenoxy) is 2. The van der Waals surface area contributed by atoms with Crippen molar-refractivity contribution in [1.82, 2.24) is 0 Å². The van der Waals surface area contributed by atoms with E-state index >= 15 is 0 Å². The third kappa shape index (κ3) is 14.5. The molecule has 0 spiro atoms. The van der Waals surface area contributed by atoms with Crippen LogP contribution in [0.1, 0.15) is 333 Å². The lowest BCUT2D eigenvalue weighted by Gasteiger charge is -2.71. The third-order valence-corrected chi connectivity index (χ3v) is 39.1. The quantitative estimate of drug-likeness (QED) is 0.0536. The first-order valence-electron chi connectivity index (χ1n) is 45.1. The van der Waals surface area contributed by atoms with Crippen molar-refractivity contribution in [3.63, 3.8) is 0 Å². The zero-order valence-electron chi connectivity index (χ0n) is 74.3. The van der Waals surface area contributed by atoms with Gasteiger partial charge in [0, 0.05) is 0 Å². The number of allylic oxidation sites excluding steroid dienone is 6. The molecule has 0 amide bonds. The van der Waals surface area contributed by atoms with Gasteiger partial charge in [-0.25, -0.2) is 0 Å². The molecule has 1 saturated heterocycles. The van der Waals surface area contributed by atoms with Crippen LogP contribution < -0.4 is 0 Å². The lowest BCUT2D eigenvalue weighted by molar-refractivity contribution is -0.332. The van der Waals surface area contributed by atoms with Crippen LogP contribution in [0.2, 0.25) is 0 Å². The van der Waals surface area contributed by atoms with E-state index in [1.165, 1.54) is 29.6 Å². The molecule has 13 aliphatic rings. The Kier molecular flexibility index (Phi) is 25.2. The molecular weight excluding hydrogens is 1390 g/mol. The first-order chi connectivity index (χ1) is 51.0. The van der Waals surface area contributed by atoms with Crippen molar-refractivity contribution in [2.75, 3.05) is 6.61 Å². The summed E-state index contributed by atoms with van der Waals surface area (Å²) >= 11 is 0. The summed E-state index contributed by atoms with van der Waals surface area (Å²) in [6.07, 6.45) is 21.3. The first kappa shape index (κ1) is 90.4. The Morgan fingerprint density at radius 2 is 0.721 bits per heavy atom. The van der Waals surface area contributed by atoms with E-state index < -0.39 is 78.5 Å². The predicted molar refractivity (Wildman–Crippen MR) is 441 cm³/mol. The second kappa shape index (κ2) is 30.9. The lowest BCUT2D eigenvalue weighted by atomic mass is 9.34. The van der Waals surface area contributed by atoms with Crippen molar-refractivity contribution in [1.29, 1.82) is 0 Å². The molecule has 0 unspecified atom stereocenters. The van der Waals surface area contributed by atoms with Crippen molar-refractivity contribution in [3.8, 4) is 0 Å². The van der Waals surface area contributed by atoms with Crippen LogP contribution in [0.3, 0.4) is 0 Å². The number of hydrogen-bond donors (Lipinski definition) is 13. The van der Waals surface area contributed by atoms with Gasteiger partial charge in [0.1, 0.15) is 24.4 Å². The van der Waals surface area contributed by atoms with Crippen LogP contribution in [0, 0.1) is 136 Å².